The van der Waals surface area contributed by atoms with Gasteiger partial charge in [0, 0.05) is 0 Å². The fourth-order valence-corrected chi connectivity index (χ4v) is 1.55. The molecule has 17 heavy (non-hydrogen) atoms. The zero-order valence-corrected chi connectivity index (χ0v) is 10.1. The zero-order chi connectivity index (χ0) is 12.7. The minimum absolute atomic E-state index is 0.0553. The molecule has 4 nitrogen and oxygen atoms in total. The third-order valence-corrected chi connectivity index (χ3v) is 2.69. The Kier molecular flexibility index (Phi) is 5.66. The maximum Gasteiger partial charge on any atom is 0.237 e. The summed E-state index contributed by atoms with van der Waals surface area (Å²) >= 11 is 0. The number of aliphatic hydroxyl groups excluding tert-OH is 1. The van der Waals surface area contributed by atoms with Crippen molar-refractivity contribution in [3.05, 3.63) is 35.9 Å². The van der Waals surface area contributed by atoms with Crippen LogP contribution in [0, 0.1) is 0 Å². The molecule has 0 saturated carbocycles. The van der Waals surface area contributed by atoms with Gasteiger partial charge in [-0.1, -0.05) is 37.3 Å². The topological polar surface area (TPSA) is 75.3 Å². The first-order valence-corrected chi connectivity index (χ1v) is 5.88. The maximum atomic E-state index is 11.7. The molecule has 0 fully saturated rings. The van der Waals surface area contributed by atoms with E-state index in [2.05, 4.69) is 5.32 Å². The van der Waals surface area contributed by atoms with Crippen LogP contribution < -0.4 is 11.1 Å². The predicted octanol–water partition coefficient (Wildman–Crippen LogP) is 0.444. The van der Waals surface area contributed by atoms with Crippen LogP contribution in [0.2, 0.25) is 0 Å². The van der Waals surface area contributed by atoms with Crippen LogP contribution in [-0.2, 0) is 11.2 Å². The quantitative estimate of drug-likeness (QED) is 0.671. The van der Waals surface area contributed by atoms with E-state index in [1.54, 1.807) is 0 Å². The highest BCUT2D eigenvalue weighted by Crippen LogP contribution is 2.02. The first kappa shape index (κ1) is 13.7. The fourth-order valence-electron chi connectivity index (χ4n) is 1.55. The lowest BCUT2D eigenvalue weighted by Crippen LogP contribution is -2.47. The van der Waals surface area contributed by atoms with E-state index in [0.29, 0.717) is 12.8 Å². The molecule has 2 atom stereocenters. The molecule has 1 aromatic carbocycles. The molecule has 0 spiro atoms. The Morgan fingerprint density at radius 3 is 2.59 bits per heavy atom. The number of aliphatic hydroxyl groups is 1. The first-order chi connectivity index (χ1) is 8.17. The van der Waals surface area contributed by atoms with Crippen LogP contribution in [0.3, 0.4) is 0 Å². The minimum atomic E-state index is -0.571. The number of benzene rings is 1. The van der Waals surface area contributed by atoms with Crippen LogP contribution >= 0.6 is 0 Å². The highest BCUT2D eigenvalue weighted by atomic mass is 16.3. The lowest BCUT2D eigenvalue weighted by Gasteiger charge is -2.17. The van der Waals surface area contributed by atoms with Gasteiger partial charge < -0.3 is 16.2 Å². The van der Waals surface area contributed by atoms with Crippen LogP contribution in [0.25, 0.3) is 0 Å². The van der Waals surface area contributed by atoms with Gasteiger partial charge in [-0.05, 0) is 18.4 Å². The molecule has 1 aromatic rings. The summed E-state index contributed by atoms with van der Waals surface area (Å²) in [4.78, 5) is 11.7. The van der Waals surface area contributed by atoms with Crippen molar-refractivity contribution in [3.63, 3.8) is 0 Å². The zero-order valence-electron chi connectivity index (χ0n) is 10.1. The molecule has 1 unspecified atom stereocenters. The van der Waals surface area contributed by atoms with Crippen molar-refractivity contribution in [2.75, 3.05) is 6.61 Å². The third-order valence-electron chi connectivity index (χ3n) is 2.69. The van der Waals surface area contributed by atoms with Crippen molar-refractivity contribution in [3.8, 4) is 0 Å². The number of carbonyl (C=O) groups is 1. The summed E-state index contributed by atoms with van der Waals surface area (Å²) in [5.74, 6) is -0.213. The molecular formula is C13H20N2O2. The lowest BCUT2D eigenvalue weighted by molar-refractivity contribution is -0.123. The monoisotopic (exact) mass is 236 g/mol. The molecular weight excluding hydrogens is 216 g/mol. The summed E-state index contributed by atoms with van der Waals surface area (Å²) in [6.45, 7) is 1.85. The summed E-state index contributed by atoms with van der Waals surface area (Å²) < 4.78 is 0. The van der Waals surface area contributed by atoms with Gasteiger partial charge in [-0.2, -0.15) is 0 Å². The van der Waals surface area contributed by atoms with Crippen molar-refractivity contribution in [2.24, 2.45) is 5.73 Å². The summed E-state index contributed by atoms with van der Waals surface area (Å²) in [5.41, 5.74) is 6.85. The SMILES string of the molecule is CC[C@H](CO)NC(=O)C(N)Cc1ccccc1. The normalized spacial score (nSPS) is 14.1. The van der Waals surface area contributed by atoms with Gasteiger partial charge in [0.15, 0.2) is 0 Å². The number of nitrogens with one attached hydrogen (secondary N) is 1. The second kappa shape index (κ2) is 7.04. The van der Waals surface area contributed by atoms with Gasteiger partial charge in [0.25, 0.3) is 0 Å². The Labute approximate surface area is 102 Å². The van der Waals surface area contributed by atoms with Crippen molar-refractivity contribution in [2.45, 2.75) is 31.8 Å². The highest BCUT2D eigenvalue weighted by Gasteiger charge is 2.16. The second-order valence-electron chi connectivity index (χ2n) is 4.09. The summed E-state index contributed by atoms with van der Waals surface area (Å²) in [7, 11) is 0. The number of carbonyl (C=O) groups excluding carboxylic acids is 1. The van der Waals surface area contributed by atoms with Crippen LogP contribution in [0.5, 0.6) is 0 Å². The van der Waals surface area contributed by atoms with Crippen molar-refractivity contribution in [1.82, 2.24) is 5.32 Å². The van der Waals surface area contributed by atoms with Crippen LogP contribution in [0.1, 0.15) is 18.9 Å². The van der Waals surface area contributed by atoms with Crippen LogP contribution in [0.4, 0.5) is 0 Å². The van der Waals surface area contributed by atoms with Crippen molar-refractivity contribution in [1.29, 1.82) is 0 Å². The second-order valence-corrected chi connectivity index (χ2v) is 4.09. The Morgan fingerprint density at radius 2 is 2.06 bits per heavy atom. The van der Waals surface area contributed by atoms with Gasteiger partial charge in [0.1, 0.15) is 0 Å². The average molecular weight is 236 g/mol. The summed E-state index contributed by atoms with van der Waals surface area (Å²) in [6, 6.07) is 8.87. The average Bonchev–Trinajstić information content (AvgIpc) is 2.36. The molecule has 94 valence electrons. The predicted molar refractivity (Wildman–Crippen MR) is 67.4 cm³/mol. The summed E-state index contributed by atoms with van der Waals surface area (Å²) in [6.07, 6.45) is 1.20. The molecule has 0 aliphatic rings. The molecule has 0 radical (unpaired) electrons. The molecule has 0 aliphatic heterocycles. The molecule has 0 aromatic heterocycles. The van der Waals surface area contributed by atoms with Gasteiger partial charge in [-0.25, -0.2) is 0 Å². The Balaban J connectivity index is 2.47. The third kappa shape index (κ3) is 4.54. The van der Waals surface area contributed by atoms with Gasteiger partial charge in [0.05, 0.1) is 18.7 Å². The Bertz CT molecular complexity index is 337. The van der Waals surface area contributed by atoms with E-state index in [4.69, 9.17) is 10.8 Å². The standard InChI is InChI=1S/C13H20N2O2/c1-2-11(9-16)15-13(17)12(14)8-10-6-4-3-5-7-10/h3-7,11-12,16H,2,8-9,14H2,1H3,(H,15,17)/t11-,12?/m1/s1. The fraction of sp³-hybridized carbons (Fsp3) is 0.462. The molecule has 4 N–H and O–H groups in total. The molecule has 0 heterocycles. The molecule has 4 heteroatoms. The molecule has 0 aliphatic carbocycles. The number of nitrogens with two attached hydrogens (primary N) is 1. The maximum absolute atomic E-state index is 11.7. The van der Waals surface area contributed by atoms with Crippen molar-refractivity contribution < 1.29 is 9.90 Å². The molecule has 1 amide bonds. The Hall–Kier alpha value is -1.39. The van der Waals surface area contributed by atoms with Crippen LogP contribution in [-0.4, -0.2) is 29.7 Å². The van der Waals surface area contributed by atoms with E-state index in [9.17, 15) is 4.79 Å². The van der Waals surface area contributed by atoms with Crippen LogP contribution in [0.15, 0.2) is 30.3 Å². The van der Waals surface area contributed by atoms with E-state index < -0.39 is 6.04 Å². The van der Waals surface area contributed by atoms with Gasteiger partial charge in [-0.3, -0.25) is 4.79 Å². The van der Waals surface area contributed by atoms with Gasteiger partial charge in [0.2, 0.25) is 5.91 Å². The van der Waals surface area contributed by atoms with E-state index in [-0.39, 0.29) is 18.6 Å². The molecule has 0 bridgehead atoms. The first-order valence-electron chi connectivity index (χ1n) is 5.88. The lowest BCUT2D eigenvalue weighted by atomic mass is 10.1. The largest absolute Gasteiger partial charge is 0.394 e. The smallest absolute Gasteiger partial charge is 0.237 e. The van der Waals surface area contributed by atoms with E-state index >= 15 is 0 Å². The van der Waals surface area contributed by atoms with Gasteiger partial charge >= 0.3 is 0 Å². The number of hydrogen-bond acceptors (Lipinski definition) is 3. The highest BCUT2D eigenvalue weighted by molar-refractivity contribution is 5.82. The van der Waals surface area contributed by atoms with E-state index in [1.165, 1.54) is 0 Å². The Morgan fingerprint density at radius 1 is 1.41 bits per heavy atom. The number of rotatable bonds is 6. The molecule has 1 rings (SSSR count). The minimum Gasteiger partial charge on any atom is -0.394 e. The molecule has 0 saturated heterocycles. The summed E-state index contributed by atoms with van der Waals surface area (Å²) in [5, 5.41) is 11.7. The van der Waals surface area contributed by atoms with Crippen molar-refractivity contribution >= 4 is 5.91 Å². The number of hydrogen-bond donors (Lipinski definition) is 3. The van der Waals surface area contributed by atoms with Gasteiger partial charge in [-0.15, -0.1) is 0 Å². The number of amides is 1. The van der Waals surface area contributed by atoms with E-state index in [0.717, 1.165) is 5.56 Å². The van der Waals surface area contributed by atoms with E-state index in [1.807, 2.05) is 37.3 Å².